The van der Waals surface area contributed by atoms with E-state index < -0.39 is 0 Å². The number of aryl methyl sites for hydroxylation is 1. The van der Waals surface area contributed by atoms with Crippen LogP contribution in [-0.2, 0) is 6.42 Å². The van der Waals surface area contributed by atoms with Crippen molar-refractivity contribution in [3.63, 3.8) is 0 Å². The molecule has 86 valence electrons. The highest BCUT2D eigenvalue weighted by atomic mass is 16.3. The van der Waals surface area contributed by atoms with Crippen molar-refractivity contribution in [1.29, 1.82) is 0 Å². The van der Waals surface area contributed by atoms with Gasteiger partial charge in [0, 0.05) is 24.9 Å². The minimum Gasteiger partial charge on any atom is -0.394 e. The maximum absolute atomic E-state index is 9.39. The van der Waals surface area contributed by atoms with E-state index in [1.54, 1.807) is 6.20 Å². The molecule has 0 spiro atoms. The van der Waals surface area contributed by atoms with Crippen molar-refractivity contribution in [3.05, 3.63) is 18.2 Å². The molecule has 0 saturated heterocycles. The van der Waals surface area contributed by atoms with Crippen molar-refractivity contribution in [2.45, 2.75) is 45.2 Å². The normalized spacial score (nSPS) is 15.2. The lowest BCUT2D eigenvalue weighted by atomic mass is 10.0. The largest absolute Gasteiger partial charge is 0.394 e. The number of aliphatic hydroxyl groups excluding tert-OH is 1. The highest BCUT2D eigenvalue weighted by Crippen LogP contribution is 2.16. The molecule has 0 bridgehead atoms. The summed E-state index contributed by atoms with van der Waals surface area (Å²) in [5.41, 5.74) is 6.05. The van der Waals surface area contributed by atoms with Crippen molar-refractivity contribution in [2.75, 3.05) is 6.61 Å². The lowest BCUT2D eigenvalue weighted by Crippen LogP contribution is -2.35. The van der Waals surface area contributed by atoms with E-state index in [2.05, 4.69) is 18.8 Å². The SMILES string of the molecule is CCCC(N)C(CO)n1ccnc1CC. The Kier molecular flexibility index (Phi) is 4.78. The van der Waals surface area contributed by atoms with Crippen LogP contribution in [0.2, 0.25) is 0 Å². The summed E-state index contributed by atoms with van der Waals surface area (Å²) in [6.45, 7) is 4.23. The van der Waals surface area contributed by atoms with E-state index in [9.17, 15) is 5.11 Å². The second-order valence-corrected chi connectivity index (χ2v) is 3.81. The van der Waals surface area contributed by atoms with E-state index in [0.29, 0.717) is 0 Å². The molecule has 0 fully saturated rings. The summed E-state index contributed by atoms with van der Waals surface area (Å²) in [4.78, 5) is 4.24. The van der Waals surface area contributed by atoms with Gasteiger partial charge in [-0.15, -0.1) is 0 Å². The molecule has 2 atom stereocenters. The van der Waals surface area contributed by atoms with Gasteiger partial charge >= 0.3 is 0 Å². The summed E-state index contributed by atoms with van der Waals surface area (Å²) in [7, 11) is 0. The van der Waals surface area contributed by atoms with Crippen molar-refractivity contribution >= 4 is 0 Å². The molecule has 0 aliphatic carbocycles. The first kappa shape index (κ1) is 12.2. The molecular formula is C11H21N3O. The van der Waals surface area contributed by atoms with Crippen LogP contribution in [0.1, 0.15) is 38.6 Å². The number of imidazole rings is 1. The topological polar surface area (TPSA) is 64.1 Å². The number of hydrogen-bond acceptors (Lipinski definition) is 3. The molecule has 0 saturated carbocycles. The van der Waals surface area contributed by atoms with Gasteiger partial charge in [-0.25, -0.2) is 4.98 Å². The Bertz CT molecular complexity index is 285. The van der Waals surface area contributed by atoms with Crippen LogP contribution < -0.4 is 5.73 Å². The van der Waals surface area contributed by atoms with Gasteiger partial charge in [-0.3, -0.25) is 0 Å². The summed E-state index contributed by atoms with van der Waals surface area (Å²) in [6.07, 6.45) is 6.48. The average molecular weight is 211 g/mol. The summed E-state index contributed by atoms with van der Waals surface area (Å²) in [5.74, 6) is 0.987. The molecule has 1 heterocycles. The highest BCUT2D eigenvalue weighted by Gasteiger charge is 2.19. The van der Waals surface area contributed by atoms with Gasteiger partial charge in [-0.05, 0) is 6.42 Å². The highest BCUT2D eigenvalue weighted by molar-refractivity contribution is 4.97. The van der Waals surface area contributed by atoms with Crippen LogP contribution in [0.5, 0.6) is 0 Å². The third kappa shape index (κ3) is 2.79. The van der Waals surface area contributed by atoms with Gasteiger partial charge in [0.15, 0.2) is 0 Å². The van der Waals surface area contributed by atoms with E-state index in [0.717, 1.165) is 25.1 Å². The van der Waals surface area contributed by atoms with Gasteiger partial charge in [0.05, 0.1) is 12.6 Å². The van der Waals surface area contributed by atoms with E-state index in [-0.39, 0.29) is 18.7 Å². The van der Waals surface area contributed by atoms with Crippen molar-refractivity contribution < 1.29 is 5.11 Å². The molecule has 0 aliphatic rings. The van der Waals surface area contributed by atoms with Gasteiger partial charge in [-0.2, -0.15) is 0 Å². The summed E-state index contributed by atoms with van der Waals surface area (Å²) in [5, 5.41) is 9.39. The lowest BCUT2D eigenvalue weighted by molar-refractivity contribution is 0.200. The fraction of sp³-hybridized carbons (Fsp3) is 0.727. The fourth-order valence-electron chi connectivity index (χ4n) is 1.88. The molecule has 1 aromatic heterocycles. The summed E-state index contributed by atoms with van der Waals surface area (Å²) >= 11 is 0. The first-order valence-corrected chi connectivity index (χ1v) is 5.62. The zero-order valence-electron chi connectivity index (χ0n) is 9.56. The number of rotatable bonds is 6. The van der Waals surface area contributed by atoms with Crippen LogP contribution in [0.4, 0.5) is 0 Å². The first-order valence-electron chi connectivity index (χ1n) is 5.62. The number of hydrogen-bond donors (Lipinski definition) is 2. The Balaban J connectivity index is 2.81. The molecule has 3 N–H and O–H groups in total. The number of aromatic nitrogens is 2. The Morgan fingerprint density at radius 1 is 1.53 bits per heavy atom. The molecule has 2 unspecified atom stereocenters. The molecule has 15 heavy (non-hydrogen) atoms. The van der Waals surface area contributed by atoms with Crippen LogP contribution in [0.15, 0.2) is 12.4 Å². The predicted octanol–water partition coefficient (Wildman–Crippen LogP) is 1.11. The van der Waals surface area contributed by atoms with Crippen molar-refractivity contribution in [2.24, 2.45) is 5.73 Å². The van der Waals surface area contributed by atoms with Gasteiger partial charge in [-0.1, -0.05) is 20.3 Å². The minimum absolute atomic E-state index is 0.000463. The molecule has 0 aromatic carbocycles. The smallest absolute Gasteiger partial charge is 0.108 e. The van der Waals surface area contributed by atoms with Crippen LogP contribution in [-0.4, -0.2) is 27.3 Å². The average Bonchev–Trinajstić information content (AvgIpc) is 2.67. The maximum atomic E-state index is 9.39. The molecule has 4 heteroatoms. The fourth-order valence-corrected chi connectivity index (χ4v) is 1.88. The van der Waals surface area contributed by atoms with E-state index in [1.807, 2.05) is 10.8 Å². The van der Waals surface area contributed by atoms with Crippen molar-refractivity contribution in [3.8, 4) is 0 Å². The molecule has 1 rings (SSSR count). The zero-order chi connectivity index (χ0) is 11.3. The Labute approximate surface area is 91.1 Å². The van der Waals surface area contributed by atoms with Crippen LogP contribution >= 0.6 is 0 Å². The van der Waals surface area contributed by atoms with Gasteiger partial charge in [0.25, 0.3) is 0 Å². The second-order valence-electron chi connectivity index (χ2n) is 3.81. The Morgan fingerprint density at radius 3 is 2.80 bits per heavy atom. The van der Waals surface area contributed by atoms with E-state index >= 15 is 0 Å². The lowest BCUT2D eigenvalue weighted by Gasteiger charge is -2.24. The quantitative estimate of drug-likeness (QED) is 0.740. The van der Waals surface area contributed by atoms with Gasteiger partial charge in [0.2, 0.25) is 0 Å². The summed E-state index contributed by atoms with van der Waals surface area (Å²) in [6, 6.07) is -0.0399. The maximum Gasteiger partial charge on any atom is 0.108 e. The van der Waals surface area contributed by atoms with E-state index in [1.165, 1.54) is 0 Å². The zero-order valence-corrected chi connectivity index (χ0v) is 9.56. The molecule has 0 aliphatic heterocycles. The second kappa shape index (κ2) is 5.88. The third-order valence-electron chi connectivity index (χ3n) is 2.73. The number of nitrogens with two attached hydrogens (primary N) is 1. The number of aliphatic hydroxyl groups is 1. The molecule has 0 amide bonds. The van der Waals surface area contributed by atoms with Crippen LogP contribution in [0, 0.1) is 0 Å². The molecule has 0 radical (unpaired) electrons. The number of nitrogens with zero attached hydrogens (tertiary/aromatic N) is 2. The monoisotopic (exact) mass is 211 g/mol. The Morgan fingerprint density at radius 2 is 2.27 bits per heavy atom. The van der Waals surface area contributed by atoms with Gasteiger partial charge < -0.3 is 15.4 Å². The molecule has 1 aromatic rings. The Hall–Kier alpha value is -0.870. The minimum atomic E-state index is -0.0394. The first-order chi connectivity index (χ1) is 7.24. The van der Waals surface area contributed by atoms with E-state index in [4.69, 9.17) is 5.73 Å². The standard InChI is InChI=1S/C11H21N3O/c1-3-5-9(12)10(8-15)14-7-6-13-11(14)4-2/h6-7,9-10,15H,3-5,8,12H2,1-2H3. The molecule has 4 nitrogen and oxygen atoms in total. The van der Waals surface area contributed by atoms with Crippen molar-refractivity contribution in [1.82, 2.24) is 9.55 Å². The molecular weight excluding hydrogens is 190 g/mol. The van der Waals surface area contributed by atoms with Gasteiger partial charge in [0.1, 0.15) is 5.82 Å². The predicted molar refractivity (Wildman–Crippen MR) is 60.6 cm³/mol. The third-order valence-corrected chi connectivity index (χ3v) is 2.73. The van der Waals surface area contributed by atoms with Crippen LogP contribution in [0.25, 0.3) is 0 Å². The van der Waals surface area contributed by atoms with Crippen LogP contribution in [0.3, 0.4) is 0 Å². The summed E-state index contributed by atoms with van der Waals surface area (Å²) < 4.78 is 2.00.